The number of ether oxygens (including phenoxy) is 1. The lowest BCUT2D eigenvalue weighted by Gasteiger charge is -2.26. The zero-order valence-corrected chi connectivity index (χ0v) is 26.9. The number of rotatable bonds is 10. The van der Waals surface area contributed by atoms with Crippen molar-refractivity contribution in [3.05, 3.63) is 82.6 Å². The SMILES string of the molecule is COC(=O)C(NC(=O)N[C@@H](Cc1cccc(Cl)c1)C(=O)N[C@H]1CCCCNC(=O)/C=C/[C@H](Cc2cccc(F)c2)NC1=O)C(C)C. The summed E-state index contributed by atoms with van der Waals surface area (Å²) in [5, 5.41) is 14.1. The van der Waals surface area contributed by atoms with Crippen molar-refractivity contribution >= 4 is 41.3 Å². The van der Waals surface area contributed by atoms with Gasteiger partial charge in [-0.3, -0.25) is 14.4 Å². The van der Waals surface area contributed by atoms with Crippen LogP contribution in [0.1, 0.15) is 44.2 Å². The van der Waals surface area contributed by atoms with Crippen LogP contribution >= 0.6 is 11.6 Å². The van der Waals surface area contributed by atoms with E-state index in [2.05, 4.69) is 26.6 Å². The molecule has 0 radical (unpaired) electrons. The molecule has 0 saturated carbocycles. The number of hydrogen-bond donors (Lipinski definition) is 5. The van der Waals surface area contributed by atoms with Crippen molar-refractivity contribution in [2.75, 3.05) is 13.7 Å². The average Bonchev–Trinajstić information content (AvgIpc) is 3.00. The molecule has 0 aliphatic carbocycles. The number of methoxy groups -OCH3 is 1. The third-order valence-corrected chi connectivity index (χ3v) is 7.60. The van der Waals surface area contributed by atoms with Crippen LogP contribution in [0.25, 0.3) is 0 Å². The van der Waals surface area contributed by atoms with E-state index in [1.807, 2.05) is 0 Å². The zero-order valence-electron chi connectivity index (χ0n) is 26.1. The van der Waals surface area contributed by atoms with Crippen LogP contribution < -0.4 is 26.6 Å². The highest BCUT2D eigenvalue weighted by Gasteiger charge is 2.30. The van der Waals surface area contributed by atoms with Gasteiger partial charge in [-0.05, 0) is 67.0 Å². The van der Waals surface area contributed by atoms with E-state index in [1.54, 1.807) is 50.2 Å². The number of halogens is 2. The van der Waals surface area contributed by atoms with Gasteiger partial charge in [-0.15, -0.1) is 0 Å². The maximum atomic E-state index is 13.9. The van der Waals surface area contributed by atoms with E-state index in [0.29, 0.717) is 35.5 Å². The van der Waals surface area contributed by atoms with Crippen molar-refractivity contribution in [2.24, 2.45) is 5.92 Å². The smallest absolute Gasteiger partial charge is 0.328 e. The number of urea groups is 1. The first-order valence-corrected chi connectivity index (χ1v) is 15.5. The van der Waals surface area contributed by atoms with Gasteiger partial charge in [0, 0.05) is 24.1 Å². The van der Waals surface area contributed by atoms with Crippen LogP contribution in [0, 0.1) is 11.7 Å². The first-order valence-electron chi connectivity index (χ1n) is 15.2. The lowest BCUT2D eigenvalue weighted by molar-refractivity contribution is -0.144. The molecule has 0 bridgehead atoms. The fourth-order valence-electron chi connectivity index (χ4n) is 4.93. The van der Waals surface area contributed by atoms with Crippen LogP contribution in [0.2, 0.25) is 5.02 Å². The largest absolute Gasteiger partial charge is 0.467 e. The van der Waals surface area contributed by atoms with Gasteiger partial charge in [-0.2, -0.15) is 0 Å². The molecule has 11 nitrogen and oxygen atoms in total. The Labute approximate surface area is 273 Å². The van der Waals surface area contributed by atoms with Crippen molar-refractivity contribution in [3.8, 4) is 0 Å². The summed E-state index contributed by atoms with van der Waals surface area (Å²) < 4.78 is 18.7. The molecule has 3 rings (SSSR count). The molecule has 46 heavy (non-hydrogen) atoms. The Morgan fingerprint density at radius 2 is 1.78 bits per heavy atom. The maximum Gasteiger partial charge on any atom is 0.328 e. The van der Waals surface area contributed by atoms with Crippen LogP contribution in [0.4, 0.5) is 9.18 Å². The van der Waals surface area contributed by atoms with Crippen LogP contribution in [0.3, 0.4) is 0 Å². The number of carbonyl (C=O) groups excluding carboxylic acids is 5. The van der Waals surface area contributed by atoms with E-state index in [-0.39, 0.29) is 31.1 Å². The molecule has 1 heterocycles. The fraction of sp³-hybridized carbons (Fsp3) is 0.424. The molecule has 5 N–H and O–H groups in total. The van der Waals surface area contributed by atoms with Gasteiger partial charge < -0.3 is 31.3 Å². The van der Waals surface area contributed by atoms with Gasteiger partial charge in [-0.25, -0.2) is 14.0 Å². The highest BCUT2D eigenvalue weighted by molar-refractivity contribution is 6.30. The summed E-state index contributed by atoms with van der Waals surface area (Å²) in [5.41, 5.74) is 1.26. The van der Waals surface area contributed by atoms with Crippen molar-refractivity contribution in [2.45, 2.75) is 70.1 Å². The highest BCUT2D eigenvalue weighted by Crippen LogP contribution is 2.14. The molecule has 0 saturated heterocycles. The van der Waals surface area contributed by atoms with Crippen LogP contribution in [0.5, 0.6) is 0 Å². The van der Waals surface area contributed by atoms with E-state index in [0.717, 1.165) is 0 Å². The third kappa shape index (κ3) is 11.8. The number of esters is 1. The molecule has 1 aliphatic heterocycles. The quantitative estimate of drug-likeness (QED) is 0.248. The maximum absolute atomic E-state index is 13.9. The summed E-state index contributed by atoms with van der Waals surface area (Å²) in [6.07, 6.45) is 4.39. The van der Waals surface area contributed by atoms with Crippen molar-refractivity contribution in [1.29, 1.82) is 0 Å². The minimum atomic E-state index is -1.15. The van der Waals surface area contributed by atoms with E-state index in [4.69, 9.17) is 16.3 Å². The Hall–Kier alpha value is -4.45. The molecule has 1 unspecified atom stereocenters. The molecule has 2 aromatic carbocycles. The van der Waals surface area contributed by atoms with E-state index < -0.39 is 53.8 Å². The van der Waals surface area contributed by atoms with Gasteiger partial charge in [0.15, 0.2) is 0 Å². The summed E-state index contributed by atoms with van der Waals surface area (Å²) in [6.45, 7) is 3.85. The Morgan fingerprint density at radius 1 is 1.04 bits per heavy atom. The van der Waals surface area contributed by atoms with Crippen LogP contribution in [0.15, 0.2) is 60.7 Å². The number of carbonyl (C=O) groups is 5. The van der Waals surface area contributed by atoms with Gasteiger partial charge >= 0.3 is 12.0 Å². The number of amides is 5. The Morgan fingerprint density at radius 3 is 2.48 bits per heavy atom. The molecule has 0 fully saturated rings. The molecule has 248 valence electrons. The number of benzene rings is 2. The Kier molecular flexibility index (Phi) is 14.0. The zero-order chi connectivity index (χ0) is 33.6. The first-order chi connectivity index (χ1) is 21.9. The van der Waals surface area contributed by atoms with Crippen molar-refractivity contribution in [3.63, 3.8) is 0 Å². The van der Waals surface area contributed by atoms with Gasteiger partial charge in [0.05, 0.1) is 13.2 Å². The second kappa shape index (κ2) is 17.9. The van der Waals surface area contributed by atoms with Crippen molar-refractivity contribution in [1.82, 2.24) is 26.6 Å². The topological polar surface area (TPSA) is 155 Å². The number of hydrogen-bond acceptors (Lipinski definition) is 6. The number of nitrogens with one attached hydrogen (secondary N) is 5. The predicted octanol–water partition coefficient (Wildman–Crippen LogP) is 2.96. The molecule has 0 spiro atoms. The Balaban J connectivity index is 1.83. The van der Waals surface area contributed by atoms with Gasteiger partial charge in [0.1, 0.15) is 23.9 Å². The minimum absolute atomic E-state index is 0.0374. The second-order valence-electron chi connectivity index (χ2n) is 11.4. The van der Waals surface area contributed by atoms with E-state index >= 15 is 0 Å². The average molecular weight is 658 g/mol. The van der Waals surface area contributed by atoms with Gasteiger partial charge in [0.2, 0.25) is 17.7 Å². The summed E-state index contributed by atoms with van der Waals surface area (Å²) >= 11 is 6.16. The minimum Gasteiger partial charge on any atom is -0.467 e. The normalized spacial score (nSPS) is 19.3. The molecule has 5 amide bonds. The summed E-state index contributed by atoms with van der Waals surface area (Å²) in [6, 6.07) is 8.16. The molecule has 1 aliphatic rings. The molecule has 13 heteroatoms. The third-order valence-electron chi connectivity index (χ3n) is 7.36. The predicted molar refractivity (Wildman–Crippen MR) is 171 cm³/mol. The van der Waals surface area contributed by atoms with E-state index in [9.17, 15) is 28.4 Å². The molecule has 2 aromatic rings. The molecule has 0 aromatic heterocycles. The fourth-order valence-corrected chi connectivity index (χ4v) is 5.14. The first kappa shape index (κ1) is 36.0. The monoisotopic (exact) mass is 657 g/mol. The van der Waals surface area contributed by atoms with E-state index in [1.165, 1.54) is 31.4 Å². The summed E-state index contributed by atoms with van der Waals surface area (Å²) in [5.74, 6) is -2.81. The van der Waals surface area contributed by atoms with Crippen molar-refractivity contribution < 1.29 is 33.1 Å². The summed E-state index contributed by atoms with van der Waals surface area (Å²) in [4.78, 5) is 64.8. The lowest BCUT2D eigenvalue weighted by Crippen LogP contribution is -2.58. The lowest BCUT2D eigenvalue weighted by atomic mass is 10.0. The second-order valence-corrected chi connectivity index (χ2v) is 11.8. The molecular weight excluding hydrogens is 617 g/mol. The molecule has 4 atom stereocenters. The highest BCUT2D eigenvalue weighted by atomic mass is 35.5. The Bertz CT molecular complexity index is 1420. The van der Waals surface area contributed by atoms with Crippen LogP contribution in [-0.2, 0) is 36.8 Å². The summed E-state index contributed by atoms with van der Waals surface area (Å²) in [7, 11) is 1.22. The van der Waals surface area contributed by atoms with Gasteiger partial charge in [0.25, 0.3) is 0 Å². The standard InChI is InChI=1S/C33H41ClFN5O6/c1-20(2)29(32(44)46-3)40-33(45)39-27(19-21-8-6-10-23(34)16-21)31(43)38-26-12-4-5-15-36-28(41)14-13-25(37-30(26)42)18-22-9-7-11-24(35)17-22/h6-11,13-14,16-17,20,25-27,29H,4-5,12,15,18-19H2,1-3H3,(H,36,41)(H,37,42)(H,38,43)(H2,39,40,45)/b14-13+/t25-,26+,27+,29?/m1/s1. The molecular formula is C33H41ClFN5O6. The van der Waals surface area contributed by atoms with Crippen LogP contribution in [-0.4, -0.2) is 67.5 Å². The van der Waals surface area contributed by atoms with Gasteiger partial charge in [-0.1, -0.05) is 55.8 Å².